The van der Waals surface area contributed by atoms with E-state index in [0.29, 0.717) is 6.54 Å². The van der Waals surface area contributed by atoms with Gasteiger partial charge in [-0.2, -0.15) is 0 Å². The molecule has 0 aliphatic carbocycles. The quantitative estimate of drug-likeness (QED) is 0.760. The zero-order valence-electron chi connectivity index (χ0n) is 12.5. The molecule has 2 aromatic heterocycles. The summed E-state index contributed by atoms with van der Waals surface area (Å²) in [5.74, 6) is 0. The number of pyridine rings is 1. The highest BCUT2D eigenvalue weighted by molar-refractivity contribution is 7.19. The zero-order valence-corrected chi connectivity index (χ0v) is 13.3. The van der Waals surface area contributed by atoms with Crippen molar-refractivity contribution in [3.63, 3.8) is 0 Å². The van der Waals surface area contributed by atoms with Gasteiger partial charge >= 0.3 is 6.03 Å². The van der Waals surface area contributed by atoms with E-state index in [1.807, 2.05) is 50.4 Å². The van der Waals surface area contributed by atoms with Gasteiger partial charge in [-0.25, -0.2) is 4.79 Å². The van der Waals surface area contributed by atoms with E-state index in [1.54, 1.807) is 17.5 Å². The summed E-state index contributed by atoms with van der Waals surface area (Å²) in [4.78, 5) is 17.3. The maximum Gasteiger partial charge on any atom is 0.319 e. The van der Waals surface area contributed by atoms with Crippen LogP contribution in [0.15, 0.2) is 42.7 Å². The summed E-state index contributed by atoms with van der Waals surface area (Å²) in [6.07, 6.45) is 3.56. The molecule has 0 aliphatic rings. The SMILES string of the molecule is Cc1ccc(CNC(=O)Nc2c(C)sc3cnccc23)cc1. The maximum absolute atomic E-state index is 12.1. The smallest absolute Gasteiger partial charge is 0.319 e. The number of hydrogen-bond acceptors (Lipinski definition) is 3. The van der Waals surface area contributed by atoms with E-state index in [9.17, 15) is 4.79 Å². The molecule has 22 heavy (non-hydrogen) atoms. The molecule has 1 aromatic carbocycles. The Balaban J connectivity index is 1.68. The number of hydrogen-bond donors (Lipinski definition) is 2. The van der Waals surface area contributed by atoms with Gasteiger partial charge in [-0.15, -0.1) is 11.3 Å². The molecule has 2 amide bonds. The predicted octanol–water partition coefficient (Wildman–Crippen LogP) is 4.23. The van der Waals surface area contributed by atoms with Crippen LogP contribution < -0.4 is 10.6 Å². The number of rotatable bonds is 3. The third-order valence-corrected chi connectivity index (χ3v) is 4.54. The van der Waals surface area contributed by atoms with Crippen LogP contribution in [-0.2, 0) is 6.54 Å². The highest BCUT2D eigenvalue weighted by Crippen LogP contribution is 2.34. The van der Waals surface area contributed by atoms with Crippen molar-refractivity contribution in [3.05, 3.63) is 58.7 Å². The van der Waals surface area contributed by atoms with Crippen molar-refractivity contribution in [2.75, 3.05) is 5.32 Å². The van der Waals surface area contributed by atoms with E-state index in [-0.39, 0.29) is 6.03 Å². The fraction of sp³-hybridized carbons (Fsp3) is 0.176. The molecule has 2 N–H and O–H groups in total. The number of benzene rings is 1. The van der Waals surface area contributed by atoms with Crippen LogP contribution in [0, 0.1) is 13.8 Å². The van der Waals surface area contributed by atoms with Crippen LogP contribution in [0.25, 0.3) is 10.1 Å². The number of carbonyl (C=O) groups excluding carboxylic acids is 1. The molecule has 0 saturated carbocycles. The zero-order chi connectivity index (χ0) is 15.5. The number of anilines is 1. The normalized spacial score (nSPS) is 10.6. The lowest BCUT2D eigenvalue weighted by Crippen LogP contribution is -2.28. The molecule has 0 aliphatic heterocycles. The van der Waals surface area contributed by atoms with Gasteiger partial charge in [0.2, 0.25) is 0 Å². The van der Waals surface area contributed by atoms with Crippen LogP contribution in [0.4, 0.5) is 10.5 Å². The average Bonchev–Trinajstić information content (AvgIpc) is 2.83. The molecule has 0 bridgehead atoms. The van der Waals surface area contributed by atoms with Crippen LogP contribution in [0.1, 0.15) is 16.0 Å². The lowest BCUT2D eigenvalue weighted by atomic mass is 10.1. The van der Waals surface area contributed by atoms with Crippen molar-refractivity contribution in [2.45, 2.75) is 20.4 Å². The Kier molecular flexibility index (Phi) is 4.06. The largest absolute Gasteiger partial charge is 0.334 e. The Hall–Kier alpha value is -2.40. The number of fused-ring (bicyclic) bond motifs is 1. The van der Waals surface area contributed by atoms with Gasteiger partial charge in [0.15, 0.2) is 0 Å². The highest BCUT2D eigenvalue weighted by atomic mass is 32.1. The molecule has 2 heterocycles. The Labute approximate surface area is 133 Å². The van der Waals surface area contributed by atoms with E-state index in [1.165, 1.54) is 5.56 Å². The van der Waals surface area contributed by atoms with Gasteiger partial charge < -0.3 is 10.6 Å². The fourth-order valence-corrected chi connectivity index (χ4v) is 3.26. The van der Waals surface area contributed by atoms with Gasteiger partial charge in [0, 0.05) is 29.2 Å². The van der Waals surface area contributed by atoms with Gasteiger partial charge in [-0.3, -0.25) is 4.98 Å². The van der Waals surface area contributed by atoms with E-state index in [2.05, 4.69) is 15.6 Å². The summed E-state index contributed by atoms with van der Waals surface area (Å²) in [5.41, 5.74) is 3.16. The first-order valence-electron chi connectivity index (χ1n) is 7.07. The van der Waals surface area contributed by atoms with Gasteiger partial charge in [0.1, 0.15) is 0 Å². The first kappa shape index (κ1) is 14.5. The van der Waals surface area contributed by atoms with Gasteiger partial charge in [-0.1, -0.05) is 29.8 Å². The third-order valence-electron chi connectivity index (χ3n) is 3.48. The van der Waals surface area contributed by atoms with E-state index < -0.39 is 0 Å². The summed E-state index contributed by atoms with van der Waals surface area (Å²) in [7, 11) is 0. The molecule has 112 valence electrons. The Morgan fingerprint density at radius 3 is 2.73 bits per heavy atom. The average molecular weight is 311 g/mol. The summed E-state index contributed by atoms with van der Waals surface area (Å²) in [6.45, 7) is 4.55. The monoisotopic (exact) mass is 311 g/mol. The molecule has 0 saturated heterocycles. The van der Waals surface area contributed by atoms with E-state index >= 15 is 0 Å². The number of urea groups is 1. The highest BCUT2D eigenvalue weighted by Gasteiger charge is 2.11. The van der Waals surface area contributed by atoms with Gasteiger partial charge in [0.05, 0.1) is 10.4 Å². The number of carbonyl (C=O) groups is 1. The van der Waals surface area contributed by atoms with Gasteiger partial charge in [0.25, 0.3) is 0 Å². The van der Waals surface area contributed by atoms with E-state index in [0.717, 1.165) is 26.2 Å². The molecule has 5 heteroatoms. The first-order valence-corrected chi connectivity index (χ1v) is 7.88. The summed E-state index contributed by atoms with van der Waals surface area (Å²) >= 11 is 1.63. The molecule has 4 nitrogen and oxygen atoms in total. The van der Waals surface area contributed by atoms with Gasteiger partial charge in [-0.05, 0) is 25.5 Å². The number of nitrogens with zero attached hydrogens (tertiary/aromatic N) is 1. The van der Waals surface area contributed by atoms with Crippen molar-refractivity contribution in [1.82, 2.24) is 10.3 Å². The maximum atomic E-state index is 12.1. The molecule has 0 atom stereocenters. The van der Waals surface area contributed by atoms with E-state index in [4.69, 9.17) is 0 Å². The number of nitrogens with one attached hydrogen (secondary N) is 2. The van der Waals surface area contributed by atoms with Crippen molar-refractivity contribution in [3.8, 4) is 0 Å². The van der Waals surface area contributed by atoms with Crippen molar-refractivity contribution >= 4 is 33.1 Å². The van der Waals surface area contributed by atoms with Crippen LogP contribution in [0.2, 0.25) is 0 Å². The second-order valence-electron chi connectivity index (χ2n) is 5.20. The molecular weight excluding hydrogens is 294 g/mol. The molecular formula is C17H17N3OS. The Morgan fingerprint density at radius 2 is 1.95 bits per heavy atom. The molecule has 0 fully saturated rings. The molecule has 0 unspecified atom stereocenters. The summed E-state index contributed by atoms with van der Waals surface area (Å²) < 4.78 is 1.08. The number of amides is 2. The van der Waals surface area contributed by atoms with Crippen LogP contribution >= 0.6 is 11.3 Å². The first-order chi connectivity index (χ1) is 10.6. The van der Waals surface area contributed by atoms with Crippen molar-refractivity contribution in [1.29, 1.82) is 0 Å². The molecule has 3 aromatic rings. The fourth-order valence-electron chi connectivity index (χ4n) is 2.27. The van der Waals surface area contributed by atoms with Crippen LogP contribution in [0.3, 0.4) is 0 Å². The third kappa shape index (κ3) is 3.09. The Bertz CT molecular complexity index is 808. The number of aromatic nitrogens is 1. The minimum atomic E-state index is -0.194. The summed E-state index contributed by atoms with van der Waals surface area (Å²) in [5, 5.41) is 6.87. The predicted molar refractivity (Wildman–Crippen MR) is 91.4 cm³/mol. The minimum Gasteiger partial charge on any atom is -0.334 e. The standard InChI is InChI=1S/C17H17N3OS/c1-11-3-5-13(6-4-11)9-19-17(21)20-16-12(2)22-15-10-18-8-7-14(15)16/h3-8,10H,9H2,1-2H3,(H2,19,20,21). The number of thiophene rings is 1. The van der Waals surface area contributed by atoms with Crippen LogP contribution in [-0.4, -0.2) is 11.0 Å². The summed E-state index contributed by atoms with van der Waals surface area (Å²) in [6, 6.07) is 9.85. The topological polar surface area (TPSA) is 54.0 Å². The van der Waals surface area contributed by atoms with Crippen LogP contribution in [0.5, 0.6) is 0 Å². The lowest BCUT2D eigenvalue weighted by Gasteiger charge is -2.08. The minimum absolute atomic E-state index is 0.194. The second kappa shape index (κ2) is 6.15. The number of aryl methyl sites for hydroxylation is 2. The molecule has 0 radical (unpaired) electrons. The Morgan fingerprint density at radius 1 is 1.18 bits per heavy atom. The molecule has 0 spiro atoms. The van der Waals surface area contributed by atoms with Crippen molar-refractivity contribution in [2.24, 2.45) is 0 Å². The van der Waals surface area contributed by atoms with Crippen molar-refractivity contribution < 1.29 is 4.79 Å². The second-order valence-corrected chi connectivity index (χ2v) is 6.45. The molecule has 3 rings (SSSR count). The lowest BCUT2D eigenvalue weighted by molar-refractivity contribution is 0.252.